The lowest BCUT2D eigenvalue weighted by Gasteiger charge is -2.33. The third-order valence-electron chi connectivity index (χ3n) is 5.77. The van der Waals surface area contributed by atoms with Crippen LogP contribution in [0.3, 0.4) is 0 Å². The first-order valence-corrected chi connectivity index (χ1v) is 10.3. The Morgan fingerprint density at radius 2 is 1.76 bits per heavy atom. The van der Waals surface area contributed by atoms with Crippen LogP contribution < -0.4 is 19.9 Å². The molecule has 0 radical (unpaired) electrons. The van der Waals surface area contributed by atoms with Crippen molar-refractivity contribution < 1.29 is 19.2 Å². The normalized spacial score (nSPS) is 18.8. The number of ether oxygens (including phenoxy) is 1. The van der Waals surface area contributed by atoms with E-state index in [-0.39, 0.29) is 18.4 Å². The fourth-order valence-corrected chi connectivity index (χ4v) is 4.19. The second kappa shape index (κ2) is 8.66. The van der Waals surface area contributed by atoms with Gasteiger partial charge in [-0.1, -0.05) is 36.4 Å². The smallest absolute Gasteiger partial charge is 0.263 e. The number of hydrogen-bond donors (Lipinski definition) is 2. The molecule has 152 valence electrons. The quantitative estimate of drug-likeness (QED) is 0.804. The van der Waals surface area contributed by atoms with Crippen LogP contribution in [0.4, 0.5) is 5.69 Å². The van der Waals surface area contributed by atoms with Crippen molar-refractivity contribution in [3.05, 3.63) is 59.7 Å². The summed E-state index contributed by atoms with van der Waals surface area (Å²) in [6.07, 6.45) is 1.87. The number of nitrogens with one attached hydrogen (secondary N) is 2. The molecule has 2 aromatic rings. The number of nitrogens with zero attached hydrogens (tertiary/aromatic N) is 1. The van der Waals surface area contributed by atoms with Crippen molar-refractivity contribution in [1.82, 2.24) is 5.32 Å². The van der Waals surface area contributed by atoms with Crippen LogP contribution in [0.1, 0.15) is 30.9 Å². The maximum atomic E-state index is 12.8. The van der Waals surface area contributed by atoms with Crippen molar-refractivity contribution in [2.45, 2.75) is 39.0 Å². The molecule has 0 aliphatic carbocycles. The minimum absolute atomic E-state index is 0.0996. The van der Waals surface area contributed by atoms with Crippen molar-refractivity contribution in [2.24, 2.45) is 0 Å². The number of para-hydroxylation sites is 2. The SMILES string of the molecule is CC(=O)N1C[C@H](C(=O)NCc2ccccc2C[NH+]2CCCC2)Oc2ccccc21. The van der Waals surface area contributed by atoms with Crippen LogP contribution in [0.5, 0.6) is 5.75 Å². The van der Waals surface area contributed by atoms with Crippen molar-refractivity contribution >= 4 is 17.5 Å². The van der Waals surface area contributed by atoms with Crippen molar-refractivity contribution in [1.29, 1.82) is 0 Å². The van der Waals surface area contributed by atoms with Crippen molar-refractivity contribution in [3.63, 3.8) is 0 Å². The lowest BCUT2D eigenvalue weighted by molar-refractivity contribution is -0.901. The molecule has 2 aliphatic heterocycles. The van der Waals surface area contributed by atoms with E-state index < -0.39 is 6.10 Å². The summed E-state index contributed by atoms with van der Waals surface area (Å²) in [6, 6.07) is 15.6. The van der Waals surface area contributed by atoms with E-state index in [2.05, 4.69) is 23.5 Å². The highest BCUT2D eigenvalue weighted by Crippen LogP contribution is 2.33. The van der Waals surface area contributed by atoms with E-state index in [0.29, 0.717) is 18.0 Å². The zero-order chi connectivity index (χ0) is 20.2. The van der Waals surface area contributed by atoms with Gasteiger partial charge in [0.15, 0.2) is 6.10 Å². The molecule has 0 saturated carbocycles. The third-order valence-corrected chi connectivity index (χ3v) is 5.77. The number of benzene rings is 2. The summed E-state index contributed by atoms with van der Waals surface area (Å²) in [6.45, 7) is 5.63. The van der Waals surface area contributed by atoms with E-state index >= 15 is 0 Å². The average molecular weight is 394 g/mol. The monoisotopic (exact) mass is 394 g/mol. The van der Waals surface area contributed by atoms with Gasteiger partial charge in [-0.15, -0.1) is 0 Å². The predicted octanol–water partition coefficient (Wildman–Crippen LogP) is 1.30. The van der Waals surface area contributed by atoms with Gasteiger partial charge in [0, 0.05) is 31.9 Å². The van der Waals surface area contributed by atoms with E-state index in [1.54, 1.807) is 15.9 Å². The van der Waals surface area contributed by atoms with Crippen molar-refractivity contribution in [2.75, 3.05) is 24.5 Å². The molecule has 0 aromatic heterocycles. The predicted molar refractivity (Wildman–Crippen MR) is 111 cm³/mol. The lowest BCUT2D eigenvalue weighted by atomic mass is 10.1. The number of fused-ring (bicyclic) bond motifs is 1. The summed E-state index contributed by atoms with van der Waals surface area (Å²) in [5.41, 5.74) is 3.13. The minimum Gasteiger partial charge on any atom is -0.477 e. The van der Waals surface area contributed by atoms with E-state index in [9.17, 15) is 9.59 Å². The number of quaternary nitrogens is 1. The number of amides is 2. The zero-order valence-corrected chi connectivity index (χ0v) is 16.8. The summed E-state index contributed by atoms with van der Waals surface area (Å²) < 4.78 is 5.89. The zero-order valence-electron chi connectivity index (χ0n) is 16.8. The van der Waals surface area contributed by atoms with Gasteiger partial charge in [0.05, 0.1) is 25.3 Å². The molecule has 4 rings (SSSR count). The van der Waals surface area contributed by atoms with Crippen LogP contribution in [0.25, 0.3) is 0 Å². The Morgan fingerprint density at radius 3 is 2.52 bits per heavy atom. The van der Waals surface area contributed by atoms with Crippen LogP contribution in [0.15, 0.2) is 48.5 Å². The van der Waals surface area contributed by atoms with Gasteiger partial charge in [-0.3, -0.25) is 9.59 Å². The molecule has 2 N–H and O–H groups in total. The summed E-state index contributed by atoms with van der Waals surface area (Å²) in [5, 5.41) is 3.01. The molecule has 2 aromatic carbocycles. The molecule has 1 fully saturated rings. The van der Waals surface area contributed by atoms with E-state index in [4.69, 9.17) is 4.74 Å². The lowest BCUT2D eigenvalue weighted by Crippen LogP contribution is -3.08. The summed E-state index contributed by atoms with van der Waals surface area (Å²) in [7, 11) is 0. The highest BCUT2D eigenvalue weighted by Gasteiger charge is 2.32. The Morgan fingerprint density at radius 1 is 1.07 bits per heavy atom. The standard InChI is InChI=1S/C23H27N3O3/c1-17(27)26-16-22(29-21-11-5-4-10-20(21)26)23(28)24-14-18-8-2-3-9-19(18)15-25-12-6-7-13-25/h2-5,8-11,22H,6-7,12-16H2,1H3,(H,24,28)/p+1/t22-/m1/s1. The molecule has 1 saturated heterocycles. The Labute approximate surface area is 171 Å². The van der Waals surface area contributed by atoms with Crippen LogP contribution >= 0.6 is 0 Å². The van der Waals surface area contributed by atoms with Gasteiger partial charge in [0.1, 0.15) is 12.3 Å². The Kier molecular flexibility index (Phi) is 5.81. The summed E-state index contributed by atoms with van der Waals surface area (Å²) in [4.78, 5) is 28.1. The largest absolute Gasteiger partial charge is 0.477 e. The Bertz CT molecular complexity index is 892. The summed E-state index contributed by atoms with van der Waals surface area (Å²) in [5.74, 6) is 0.263. The summed E-state index contributed by atoms with van der Waals surface area (Å²) >= 11 is 0. The van der Waals surface area contributed by atoms with Gasteiger partial charge in [-0.2, -0.15) is 0 Å². The van der Waals surface area contributed by atoms with E-state index in [1.165, 1.54) is 38.4 Å². The van der Waals surface area contributed by atoms with Gasteiger partial charge in [0.2, 0.25) is 5.91 Å². The molecule has 0 spiro atoms. The topological polar surface area (TPSA) is 63.1 Å². The molecule has 29 heavy (non-hydrogen) atoms. The van der Waals surface area contributed by atoms with Crippen LogP contribution in [0.2, 0.25) is 0 Å². The maximum Gasteiger partial charge on any atom is 0.263 e. The first-order valence-electron chi connectivity index (χ1n) is 10.3. The Balaban J connectivity index is 1.42. The third kappa shape index (κ3) is 4.43. The molecule has 2 aliphatic rings. The number of carbonyl (C=O) groups excluding carboxylic acids is 2. The van der Waals surface area contributed by atoms with Gasteiger partial charge >= 0.3 is 0 Å². The molecule has 6 nitrogen and oxygen atoms in total. The molecule has 0 bridgehead atoms. The fraction of sp³-hybridized carbons (Fsp3) is 0.391. The van der Waals surface area contributed by atoms with Gasteiger partial charge < -0.3 is 19.9 Å². The first-order chi connectivity index (χ1) is 14.1. The first kappa shape index (κ1) is 19.5. The minimum atomic E-state index is -0.717. The number of hydrogen-bond acceptors (Lipinski definition) is 3. The highest BCUT2D eigenvalue weighted by molar-refractivity contribution is 5.95. The molecular formula is C23H28N3O3+. The van der Waals surface area contributed by atoms with Crippen LogP contribution in [-0.2, 0) is 22.7 Å². The average Bonchev–Trinajstić information content (AvgIpc) is 3.25. The van der Waals surface area contributed by atoms with E-state index in [0.717, 1.165) is 12.1 Å². The molecule has 2 heterocycles. The molecule has 2 amide bonds. The number of anilines is 1. The highest BCUT2D eigenvalue weighted by atomic mass is 16.5. The molecular weight excluding hydrogens is 366 g/mol. The van der Waals surface area contributed by atoms with Crippen molar-refractivity contribution in [3.8, 4) is 5.75 Å². The second-order valence-electron chi connectivity index (χ2n) is 7.82. The molecule has 1 atom stereocenters. The maximum absolute atomic E-state index is 12.8. The van der Waals surface area contributed by atoms with Gasteiger partial charge in [0.25, 0.3) is 5.91 Å². The number of carbonyl (C=O) groups is 2. The Hall–Kier alpha value is -2.86. The number of rotatable bonds is 5. The van der Waals surface area contributed by atoms with Gasteiger partial charge in [-0.05, 0) is 17.7 Å². The van der Waals surface area contributed by atoms with Gasteiger partial charge in [-0.25, -0.2) is 0 Å². The fourth-order valence-electron chi connectivity index (χ4n) is 4.19. The molecule has 0 unspecified atom stereocenters. The molecule has 6 heteroatoms. The van der Waals surface area contributed by atoms with E-state index in [1.807, 2.05) is 24.3 Å². The van der Waals surface area contributed by atoms with Crippen LogP contribution in [-0.4, -0.2) is 37.6 Å². The number of likely N-dealkylation sites (tertiary alicyclic amines) is 1. The second-order valence-corrected chi connectivity index (χ2v) is 7.82. The van der Waals surface area contributed by atoms with Crippen LogP contribution in [0, 0.1) is 0 Å².